The number of carbonyl (C=O) groups is 1. The van der Waals surface area contributed by atoms with Gasteiger partial charge in [-0.05, 0) is 58.8 Å². The van der Waals surface area contributed by atoms with E-state index in [1.165, 1.54) is 6.07 Å². The predicted molar refractivity (Wildman–Crippen MR) is 119 cm³/mol. The Bertz CT molecular complexity index is 1210. The van der Waals surface area contributed by atoms with Crippen molar-refractivity contribution in [3.8, 4) is 17.1 Å². The number of hydrogen-bond donors (Lipinski definition) is 0. The van der Waals surface area contributed by atoms with Crippen LogP contribution in [0.25, 0.3) is 22.1 Å². The van der Waals surface area contributed by atoms with Gasteiger partial charge in [0.25, 0.3) is 0 Å². The molecule has 0 N–H and O–H groups in total. The molecule has 0 spiro atoms. The molecule has 0 radical (unpaired) electrons. The molecule has 0 saturated heterocycles. The van der Waals surface area contributed by atoms with Crippen LogP contribution in [0.5, 0.6) is 5.75 Å². The normalized spacial score (nSPS) is 10.9. The van der Waals surface area contributed by atoms with Crippen LogP contribution < -0.4 is 4.74 Å². The quantitative estimate of drug-likeness (QED) is 0.379. The lowest BCUT2D eigenvalue weighted by Gasteiger charge is -2.17. The summed E-state index contributed by atoms with van der Waals surface area (Å²) in [6.07, 6.45) is 0.792. The fourth-order valence-corrected chi connectivity index (χ4v) is 3.60. The summed E-state index contributed by atoms with van der Waals surface area (Å²) in [6.45, 7) is 0.527. The molecule has 1 aromatic heterocycles. The van der Waals surface area contributed by atoms with Crippen LogP contribution in [-0.4, -0.2) is 25.0 Å². The summed E-state index contributed by atoms with van der Waals surface area (Å²) < 4.78 is 24.9. The van der Waals surface area contributed by atoms with Crippen LogP contribution in [0, 0.1) is 5.82 Å². The molecule has 158 valence electrons. The molecule has 0 atom stereocenters. The lowest BCUT2D eigenvalue weighted by atomic mass is 10.1. The van der Waals surface area contributed by atoms with Gasteiger partial charge in [-0.25, -0.2) is 4.39 Å². The maximum absolute atomic E-state index is 13.9. The molecule has 3 aromatic carbocycles. The van der Waals surface area contributed by atoms with E-state index in [0.29, 0.717) is 36.5 Å². The van der Waals surface area contributed by atoms with Crippen molar-refractivity contribution in [1.29, 1.82) is 0 Å². The van der Waals surface area contributed by atoms with E-state index in [9.17, 15) is 9.18 Å². The summed E-state index contributed by atoms with van der Waals surface area (Å²) in [5, 5.41) is 2.20. The molecule has 4 rings (SSSR count). The average Bonchev–Trinajstić information content (AvgIpc) is 3.26. The minimum absolute atomic E-state index is 0.0265. The van der Waals surface area contributed by atoms with Crippen molar-refractivity contribution in [3.63, 3.8) is 0 Å². The first kappa shape index (κ1) is 20.7. The standard InChI is InChI=1S/C26H24FNO3/c1-28(17-18-7-8-20-16-22(30-2)10-9-19(20)15-18)26(29)14-12-21-11-13-25(31-21)23-5-3-4-6-24(23)27/h3-11,13,15-16H,12,14,17H2,1-2H3. The molecule has 0 aliphatic carbocycles. The van der Waals surface area contributed by atoms with Crippen molar-refractivity contribution in [2.45, 2.75) is 19.4 Å². The Labute approximate surface area is 180 Å². The van der Waals surface area contributed by atoms with Gasteiger partial charge in [-0.2, -0.15) is 0 Å². The molecule has 1 heterocycles. The van der Waals surface area contributed by atoms with Gasteiger partial charge in [-0.15, -0.1) is 0 Å². The van der Waals surface area contributed by atoms with Crippen molar-refractivity contribution in [3.05, 3.63) is 89.9 Å². The molecule has 4 aromatic rings. The number of carbonyl (C=O) groups excluding carboxylic acids is 1. The molecule has 0 fully saturated rings. The van der Waals surface area contributed by atoms with Gasteiger partial charge in [0.2, 0.25) is 5.91 Å². The Morgan fingerprint density at radius 3 is 2.58 bits per heavy atom. The Morgan fingerprint density at radius 2 is 1.77 bits per heavy atom. The van der Waals surface area contributed by atoms with E-state index in [4.69, 9.17) is 9.15 Å². The van der Waals surface area contributed by atoms with E-state index < -0.39 is 0 Å². The number of amides is 1. The van der Waals surface area contributed by atoms with Crippen molar-refractivity contribution in [1.82, 2.24) is 4.90 Å². The highest BCUT2D eigenvalue weighted by atomic mass is 19.1. The van der Waals surface area contributed by atoms with E-state index in [2.05, 4.69) is 6.07 Å². The molecule has 0 saturated carbocycles. The van der Waals surface area contributed by atoms with E-state index in [1.807, 2.05) is 30.3 Å². The predicted octanol–water partition coefficient (Wildman–Crippen LogP) is 5.84. The van der Waals surface area contributed by atoms with Gasteiger partial charge in [0, 0.05) is 26.4 Å². The number of rotatable bonds is 7. The topological polar surface area (TPSA) is 42.7 Å². The highest BCUT2D eigenvalue weighted by Crippen LogP contribution is 2.26. The number of benzene rings is 3. The number of halogens is 1. The molecule has 5 heteroatoms. The number of nitrogens with zero attached hydrogens (tertiary/aromatic N) is 1. The third-order valence-corrected chi connectivity index (χ3v) is 5.34. The Hall–Kier alpha value is -3.60. The van der Waals surface area contributed by atoms with Gasteiger partial charge in [-0.3, -0.25) is 4.79 Å². The third kappa shape index (κ3) is 4.77. The summed E-state index contributed by atoms with van der Waals surface area (Å²) >= 11 is 0. The van der Waals surface area contributed by atoms with Crippen LogP contribution in [-0.2, 0) is 17.8 Å². The van der Waals surface area contributed by atoms with Crippen LogP contribution in [0.2, 0.25) is 0 Å². The van der Waals surface area contributed by atoms with Crippen LogP contribution in [0.1, 0.15) is 17.7 Å². The fourth-order valence-electron chi connectivity index (χ4n) is 3.60. The first-order valence-electron chi connectivity index (χ1n) is 10.2. The molecule has 31 heavy (non-hydrogen) atoms. The summed E-state index contributed by atoms with van der Waals surface area (Å²) in [7, 11) is 3.45. The van der Waals surface area contributed by atoms with Gasteiger partial charge < -0.3 is 14.1 Å². The molecule has 1 amide bonds. The number of aryl methyl sites for hydroxylation is 1. The Kier molecular flexibility index (Phi) is 6.03. The van der Waals surface area contributed by atoms with Crippen LogP contribution >= 0.6 is 0 Å². The fraction of sp³-hybridized carbons (Fsp3) is 0.192. The molecular formula is C26H24FNO3. The third-order valence-electron chi connectivity index (χ3n) is 5.34. The van der Waals surface area contributed by atoms with Crippen molar-refractivity contribution in [2.75, 3.05) is 14.2 Å². The zero-order valence-electron chi connectivity index (χ0n) is 17.6. The number of ether oxygens (including phenoxy) is 1. The second-order valence-corrected chi connectivity index (χ2v) is 7.54. The van der Waals surface area contributed by atoms with E-state index >= 15 is 0 Å². The molecule has 4 nitrogen and oxygen atoms in total. The lowest BCUT2D eigenvalue weighted by Crippen LogP contribution is -2.26. The average molecular weight is 417 g/mol. The molecule has 0 aliphatic rings. The van der Waals surface area contributed by atoms with Gasteiger partial charge in [-0.1, -0.05) is 30.3 Å². The minimum Gasteiger partial charge on any atom is -0.497 e. The van der Waals surface area contributed by atoms with Gasteiger partial charge in [0.05, 0.1) is 12.7 Å². The van der Waals surface area contributed by atoms with E-state index in [1.54, 1.807) is 49.4 Å². The maximum Gasteiger partial charge on any atom is 0.223 e. The first-order chi connectivity index (χ1) is 15.0. The van der Waals surface area contributed by atoms with E-state index in [-0.39, 0.29) is 11.7 Å². The number of hydrogen-bond acceptors (Lipinski definition) is 3. The van der Waals surface area contributed by atoms with Crippen LogP contribution in [0.3, 0.4) is 0 Å². The highest BCUT2D eigenvalue weighted by Gasteiger charge is 2.13. The first-order valence-corrected chi connectivity index (χ1v) is 10.2. The smallest absolute Gasteiger partial charge is 0.223 e. The minimum atomic E-state index is -0.326. The monoisotopic (exact) mass is 417 g/mol. The van der Waals surface area contributed by atoms with Crippen molar-refractivity contribution in [2.24, 2.45) is 0 Å². The van der Waals surface area contributed by atoms with Gasteiger partial charge in [0.1, 0.15) is 23.1 Å². The molecule has 0 aliphatic heterocycles. The summed E-state index contributed by atoms with van der Waals surface area (Å²) in [5.74, 6) is 1.66. The maximum atomic E-state index is 13.9. The number of furan rings is 1. The summed E-state index contributed by atoms with van der Waals surface area (Å²) in [6, 6.07) is 22.1. The van der Waals surface area contributed by atoms with E-state index in [0.717, 1.165) is 22.1 Å². The zero-order valence-corrected chi connectivity index (χ0v) is 17.6. The van der Waals surface area contributed by atoms with Crippen LogP contribution in [0.4, 0.5) is 4.39 Å². The van der Waals surface area contributed by atoms with Crippen molar-refractivity contribution >= 4 is 16.7 Å². The van der Waals surface area contributed by atoms with Crippen LogP contribution in [0.15, 0.2) is 77.2 Å². The lowest BCUT2D eigenvalue weighted by molar-refractivity contribution is -0.130. The summed E-state index contributed by atoms with van der Waals surface area (Å²) in [4.78, 5) is 14.3. The van der Waals surface area contributed by atoms with Crippen molar-refractivity contribution < 1.29 is 18.3 Å². The Morgan fingerprint density at radius 1 is 1.00 bits per heavy atom. The summed E-state index contributed by atoms with van der Waals surface area (Å²) in [5.41, 5.74) is 1.49. The SMILES string of the molecule is COc1ccc2cc(CN(C)C(=O)CCc3ccc(-c4ccccc4F)o3)ccc2c1. The largest absolute Gasteiger partial charge is 0.497 e. The molecule has 0 bridgehead atoms. The van der Waals surface area contributed by atoms with Gasteiger partial charge >= 0.3 is 0 Å². The van der Waals surface area contributed by atoms with Gasteiger partial charge in [0.15, 0.2) is 0 Å². The zero-order chi connectivity index (χ0) is 21.8. The number of fused-ring (bicyclic) bond motifs is 1. The Balaban J connectivity index is 1.36. The molecule has 0 unspecified atom stereocenters. The second-order valence-electron chi connectivity index (χ2n) is 7.54. The second kappa shape index (κ2) is 9.04. The number of methoxy groups -OCH3 is 1. The highest BCUT2D eigenvalue weighted by molar-refractivity contribution is 5.84. The molecular weight excluding hydrogens is 393 g/mol.